The zero-order valence-electron chi connectivity index (χ0n) is 29.1. The minimum absolute atomic E-state index is 1.18. The summed E-state index contributed by atoms with van der Waals surface area (Å²) in [4.78, 5) is 0. The van der Waals surface area contributed by atoms with Crippen LogP contribution in [0.15, 0.2) is 176 Å². The largest absolute Gasteiger partial charge is 0.309 e. The number of rotatable bonds is 2. The van der Waals surface area contributed by atoms with Crippen molar-refractivity contribution < 1.29 is 0 Å². The van der Waals surface area contributed by atoms with E-state index >= 15 is 0 Å². The topological polar surface area (TPSA) is 4.93 Å². The van der Waals surface area contributed by atoms with Gasteiger partial charge in [0.05, 0.1) is 11.0 Å². The van der Waals surface area contributed by atoms with Gasteiger partial charge >= 0.3 is 0 Å². The summed E-state index contributed by atoms with van der Waals surface area (Å²) in [6, 6.07) is 65.8. The Morgan fingerprint density at radius 1 is 0.296 bits per heavy atom. The Kier molecular flexibility index (Phi) is 5.57. The highest BCUT2D eigenvalue weighted by atomic mass is 32.1. The standard InChI is InChI=1S/C52H29NS/c1-2-12-35-33(10-1)34-11-3-5-14-37(34)43-28-32(22-23-39(35)43)53-47-19-8-7-16-40(47)44-26-30(20-24-48(44)53)31-21-25-49-46(27-31)52-42-18-9-17-41-36-13-4-6-15-38(36)45(51(41)42)29-50(52)54-49/h1-29H. The van der Waals surface area contributed by atoms with E-state index in [2.05, 4.69) is 180 Å². The van der Waals surface area contributed by atoms with Gasteiger partial charge in [0.1, 0.15) is 0 Å². The van der Waals surface area contributed by atoms with Crippen molar-refractivity contribution in [2.45, 2.75) is 0 Å². The SMILES string of the molecule is c1ccc2c(c1)-c1cccc3c1c-2cc1sc2ccc(-c4ccc5c(c4)c4ccccc4n5-c4ccc5c6ccccc6c6ccccc6c5c4)cc2c13. The molecule has 0 N–H and O–H groups in total. The quantitative estimate of drug-likeness (QED) is 0.158. The number of nitrogens with zero attached hydrogens (tertiary/aromatic N) is 1. The van der Waals surface area contributed by atoms with Crippen molar-refractivity contribution in [2.75, 3.05) is 0 Å². The highest BCUT2D eigenvalue weighted by molar-refractivity contribution is 7.26. The van der Waals surface area contributed by atoms with Gasteiger partial charge in [-0.2, -0.15) is 0 Å². The number of fused-ring (bicyclic) bond motifs is 16. The van der Waals surface area contributed by atoms with Gasteiger partial charge in [0.2, 0.25) is 0 Å². The summed E-state index contributed by atoms with van der Waals surface area (Å²) in [5.41, 5.74) is 11.5. The molecule has 0 spiro atoms. The molecule has 54 heavy (non-hydrogen) atoms. The summed E-state index contributed by atoms with van der Waals surface area (Å²) >= 11 is 1.91. The molecule has 2 aromatic heterocycles. The third-order valence-electron chi connectivity index (χ3n) is 12.1. The van der Waals surface area contributed by atoms with Gasteiger partial charge in [-0.1, -0.05) is 127 Å². The molecule has 0 bridgehead atoms. The van der Waals surface area contributed by atoms with Gasteiger partial charge in [0.15, 0.2) is 0 Å². The number of hydrogen-bond acceptors (Lipinski definition) is 1. The number of thiophene rings is 1. The summed E-state index contributed by atoms with van der Waals surface area (Å²) in [6.07, 6.45) is 0. The van der Waals surface area contributed by atoms with E-state index in [1.54, 1.807) is 0 Å². The number of hydrogen-bond donors (Lipinski definition) is 0. The lowest BCUT2D eigenvalue weighted by Crippen LogP contribution is -1.94. The highest BCUT2D eigenvalue weighted by Gasteiger charge is 2.24. The van der Waals surface area contributed by atoms with Crippen LogP contribution in [0.2, 0.25) is 0 Å². The molecule has 1 nitrogen and oxygen atoms in total. The molecule has 1 aliphatic carbocycles. The van der Waals surface area contributed by atoms with E-state index < -0.39 is 0 Å². The van der Waals surface area contributed by atoms with Crippen LogP contribution in [0.4, 0.5) is 0 Å². The minimum Gasteiger partial charge on any atom is -0.309 e. The molecule has 1 aliphatic rings. The molecule has 0 atom stereocenters. The molecule has 0 fully saturated rings. The lowest BCUT2D eigenvalue weighted by molar-refractivity contribution is 1.19. The van der Waals surface area contributed by atoms with Gasteiger partial charge in [0, 0.05) is 36.6 Å². The Morgan fingerprint density at radius 3 is 1.65 bits per heavy atom. The fourth-order valence-electron chi connectivity index (χ4n) is 9.78. The summed E-state index contributed by atoms with van der Waals surface area (Å²) < 4.78 is 5.14. The van der Waals surface area contributed by atoms with Crippen molar-refractivity contribution in [1.29, 1.82) is 0 Å². The molecular weight excluding hydrogens is 671 g/mol. The molecule has 248 valence electrons. The van der Waals surface area contributed by atoms with E-state index in [-0.39, 0.29) is 0 Å². The normalized spacial score (nSPS) is 12.4. The van der Waals surface area contributed by atoms with Gasteiger partial charge in [-0.05, 0) is 125 Å². The third kappa shape index (κ3) is 3.73. The Morgan fingerprint density at radius 2 is 0.870 bits per heavy atom. The monoisotopic (exact) mass is 699 g/mol. The van der Waals surface area contributed by atoms with E-state index in [0.717, 1.165) is 0 Å². The summed E-state index contributed by atoms with van der Waals surface area (Å²) in [5, 5.41) is 15.8. The van der Waals surface area contributed by atoms with Crippen molar-refractivity contribution >= 4 is 96.4 Å². The van der Waals surface area contributed by atoms with Crippen molar-refractivity contribution in [1.82, 2.24) is 4.57 Å². The van der Waals surface area contributed by atoms with E-state index in [0.29, 0.717) is 0 Å². The maximum atomic E-state index is 2.45. The van der Waals surface area contributed by atoms with Crippen LogP contribution in [0.5, 0.6) is 0 Å². The zero-order valence-corrected chi connectivity index (χ0v) is 29.9. The maximum absolute atomic E-state index is 2.45. The van der Waals surface area contributed by atoms with Crippen LogP contribution in [0.1, 0.15) is 0 Å². The molecule has 10 aromatic carbocycles. The third-order valence-corrected chi connectivity index (χ3v) is 13.2. The number of benzene rings is 10. The molecule has 0 unspecified atom stereocenters. The Hall–Kier alpha value is -6.74. The molecule has 13 rings (SSSR count). The highest BCUT2D eigenvalue weighted by Crippen LogP contribution is 2.52. The maximum Gasteiger partial charge on any atom is 0.0541 e. The van der Waals surface area contributed by atoms with E-state index in [4.69, 9.17) is 0 Å². The van der Waals surface area contributed by atoms with Crippen LogP contribution < -0.4 is 0 Å². The first-order valence-corrected chi connectivity index (χ1v) is 19.5. The fourth-order valence-corrected chi connectivity index (χ4v) is 10.9. The molecule has 0 saturated carbocycles. The Labute approximate surface area is 314 Å². The molecule has 2 heteroatoms. The molecule has 2 heterocycles. The fraction of sp³-hybridized carbons (Fsp3) is 0. The van der Waals surface area contributed by atoms with Crippen LogP contribution in [0, 0.1) is 0 Å². The molecule has 0 radical (unpaired) electrons. The molecule has 0 amide bonds. The average molecular weight is 700 g/mol. The summed E-state index contributed by atoms with van der Waals surface area (Å²) in [5.74, 6) is 0. The van der Waals surface area contributed by atoms with Crippen LogP contribution in [-0.2, 0) is 0 Å². The van der Waals surface area contributed by atoms with Gasteiger partial charge < -0.3 is 4.57 Å². The van der Waals surface area contributed by atoms with Crippen molar-refractivity contribution in [3.05, 3.63) is 176 Å². The summed E-state index contributed by atoms with van der Waals surface area (Å²) in [7, 11) is 0. The van der Waals surface area contributed by atoms with Crippen LogP contribution in [-0.4, -0.2) is 4.57 Å². The van der Waals surface area contributed by atoms with Crippen molar-refractivity contribution in [3.8, 4) is 39.1 Å². The van der Waals surface area contributed by atoms with Crippen LogP contribution in [0.25, 0.3) is 124 Å². The van der Waals surface area contributed by atoms with Crippen LogP contribution in [0.3, 0.4) is 0 Å². The van der Waals surface area contributed by atoms with Gasteiger partial charge in [-0.3, -0.25) is 0 Å². The van der Waals surface area contributed by atoms with Gasteiger partial charge in [-0.25, -0.2) is 0 Å². The minimum atomic E-state index is 1.18. The van der Waals surface area contributed by atoms with Gasteiger partial charge in [-0.15, -0.1) is 11.3 Å². The molecule has 12 aromatic rings. The lowest BCUT2D eigenvalue weighted by atomic mass is 9.94. The zero-order chi connectivity index (χ0) is 35.1. The first-order chi connectivity index (χ1) is 26.8. The second-order valence-electron chi connectivity index (χ2n) is 14.8. The second kappa shape index (κ2) is 10.4. The van der Waals surface area contributed by atoms with E-state index in [1.807, 2.05) is 11.3 Å². The molecule has 0 saturated heterocycles. The first-order valence-electron chi connectivity index (χ1n) is 18.7. The number of para-hydroxylation sites is 1. The van der Waals surface area contributed by atoms with E-state index in [9.17, 15) is 0 Å². The Balaban J connectivity index is 1.01. The second-order valence-corrected chi connectivity index (χ2v) is 15.9. The number of aromatic nitrogens is 1. The Bertz CT molecular complexity index is 3580. The van der Waals surface area contributed by atoms with Crippen LogP contribution >= 0.6 is 11.3 Å². The predicted molar refractivity (Wildman–Crippen MR) is 234 cm³/mol. The molecule has 0 aliphatic heterocycles. The summed E-state index contributed by atoms with van der Waals surface area (Å²) in [6.45, 7) is 0. The smallest absolute Gasteiger partial charge is 0.0541 e. The molecular formula is C52H29NS. The first kappa shape index (κ1) is 28.8. The predicted octanol–water partition coefficient (Wildman–Crippen LogP) is 15.1. The lowest BCUT2D eigenvalue weighted by Gasteiger charge is -2.14. The van der Waals surface area contributed by atoms with Gasteiger partial charge in [0.25, 0.3) is 0 Å². The van der Waals surface area contributed by atoms with E-state index in [1.165, 1.54) is 124 Å². The average Bonchev–Trinajstić information content (AvgIpc) is 3.89. The van der Waals surface area contributed by atoms with Crippen molar-refractivity contribution in [2.24, 2.45) is 0 Å². The van der Waals surface area contributed by atoms with Crippen molar-refractivity contribution in [3.63, 3.8) is 0 Å².